The van der Waals surface area contributed by atoms with Crippen LogP contribution in [-0.4, -0.2) is 34.1 Å². The van der Waals surface area contributed by atoms with E-state index >= 15 is 0 Å². The number of nitrogens with zero attached hydrogens (tertiary/aromatic N) is 3. The zero-order valence-corrected chi connectivity index (χ0v) is 14.7. The molecule has 3 aromatic rings. The van der Waals surface area contributed by atoms with E-state index in [4.69, 9.17) is 9.40 Å². The number of hydrogen-bond acceptors (Lipinski definition) is 4. The molecule has 0 aliphatic rings. The maximum atomic E-state index is 5.65. The summed E-state index contributed by atoms with van der Waals surface area (Å²) in [6.45, 7) is 7.93. The predicted molar refractivity (Wildman–Crippen MR) is 96.8 cm³/mol. The zero-order chi connectivity index (χ0) is 16.9. The molecule has 0 saturated heterocycles. The summed E-state index contributed by atoms with van der Waals surface area (Å²) >= 11 is 0. The number of fused-ring (bicyclic) bond motifs is 1. The van der Waals surface area contributed by atoms with E-state index in [0.29, 0.717) is 0 Å². The minimum Gasteiger partial charge on any atom is -0.468 e. The molecule has 1 unspecified atom stereocenters. The van der Waals surface area contributed by atoms with Crippen molar-refractivity contribution in [3.05, 3.63) is 54.2 Å². The molecule has 2 aromatic heterocycles. The number of furan rings is 1. The lowest BCUT2D eigenvalue weighted by molar-refractivity contribution is 0.187. The van der Waals surface area contributed by atoms with Crippen molar-refractivity contribution >= 4 is 11.0 Å². The second-order valence-corrected chi connectivity index (χ2v) is 5.96. The highest BCUT2D eigenvalue weighted by atomic mass is 16.3. The SMILES string of the molecule is CCN(CC)C(CNCc1nc2ccccc2n1C)c1ccco1. The minimum atomic E-state index is 0.240. The van der Waals surface area contributed by atoms with E-state index in [0.717, 1.165) is 43.3 Å². The van der Waals surface area contributed by atoms with E-state index in [-0.39, 0.29) is 6.04 Å². The van der Waals surface area contributed by atoms with Crippen LogP contribution in [0.3, 0.4) is 0 Å². The predicted octanol–water partition coefficient (Wildman–Crippen LogP) is 3.34. The molecule has 24 heavy (non-hydrogen) atoms. The molecular formula is C19H26N4O. The average Bonchev–Trinajstić information content (AvgIpc) is 3.24. The van der Waals surface area contributed by atoms with Crippen LogP contribution in [-0.2, 0) is 13.6 Å². The van der Waals surface area contributed by atoms with Gasteiger partial charge < -0.3 is 14.3 Å². The minimum absolute atomic E-state index is 0.240. The maximum Gasteiger partial charge on any atom is 0.123 e. The van der Waals surface area contributed by atoms with Crippen molar-refractivity contribution in [3.63, 3.8) is 0 Å². The van der Waals surface area contributed by atoms with Crippen LogP contribution in [0.4, 0.5) is 0 Å². The van der Waals surface area contributed by atoms with Gasteiger partial charge in [-0.1, -0.05) is 26.0 Å². The molecule has 3 rings (SSSR count). The van der Waals surface area contributed by atoms with Crippen LogP contribution in [0.2, 0.25) is 0 Å². The maximum absolute atomic E-state index is 5.65. The van der Waals surface area contributed by atoms with E-state index < -0.39 is 0 Å². The Labute approximate surface area is 143 Å². The van der Waals surface area contributed by atoms with Gasteiger partial charge in [0.25, 0.3) is 0 Å². The summed E-state index contributed by atoms with van der Waals surface area (Å²) in [5.41, 5.74) is 2.21. The fraction of sp³-hybridized carbons (Fsp3) is 0.421. The van der Waals surface area contributed by atoms with Crippen LogP contribution in [0, 0.1) is 0 Å². The number of aromatic nitrogens is 2. The highest BCUT2D eigenvalue weighted by Crippen LogP contribution is 2.20. The monoisotopic (exact) mass is 326 g/mol. The summed E-state index contributed by atoms with van der Waals surface area (Å²) in [4.78, 5) is 7.12. The number of benzene rings is 1. The van der Waals surface area contributed by atoms with Crippen molar-refractivity contribution in [3.8, 4) is 0 Å². The smallest absolute Gasteiger partial charge is 0.123 e. The number of para-hydroxylation sites is 2. The first-order valence-electron chi connectivity index (χ1n) is 8.63. The molecule has 1 aromatic carbocycles. The summed E-state index contributed by atoms with van der Waals surface area (Å²) in [5, 5.41) is 3.56. The molecule has 5 heteroatoms. The Balaban J connectivity index is 1.69. The molecule has 2 heterocycles. The van der Waals surface area contributed by atoms with E-state index in [1.54, 1.807) is 6.26 Å². The van der Waals surface area contributed by atoms with Crippen molar-refractivity contribution in [2.75, 3.05) is 19.6 Å². The van der Waals surface area contributed by atoms with Gasteiger partial charge in [-0.3, -0.25) is 4.90 Å². The highest BCUT2D eigenvalue weighted by molar-refractivity contribution is 5.75. The summed E-state index contributed by atoms with van der Waals surface area (Å²) in [7, 11) is 2.07. The van der Waals surface area contributed by atoms with Gasteiger partial charge in [-0.05, 0) is 37.4 Å². The van der Waals surface area contributed by atoms with Crippen LogP contribution in [0.1, 0.15) is 31.5 Å². The van der Waals surface area contributed by atoms with Crippen LogP contribution < -0.4 is 5.32 Å². The molecule has 128 valence electrons. The number of hydrogen-bond donors (Lipinski definition) is 1. The molecule has 0 saturated carbocycles. The molecule has 0 fully saturated rings. The van der Waals surface area contributed by atoms with Gasteiger partial charge in [-0.2, -0.15) is 0 Å². The fourth-order valence-electron chi connectivity index (χ4n) is 3.23. The second-order valence-electron chi connectivity index (χ2n) is 5.96. The zero-order valence-electron chi connectivity index (χ0n) is 14.7. The quantitative estimate of drug-likeness (QED) is 0.690. The van der Waals surface area contributed by atoms with Crippen molar-refractivity contribution in [1.29, 1.82) is 0 Å². The molecule has 5 nitrogen and oxygen atoms in total. The van der Waals surface area contributed by atoms with Gasteiger partial charge in [-0.15, -0.1) is 0 Å². The van der Waals surface area contributed by atoms with Crippen molar-refractivity contribution in [2.45, 2.75) is 26.4 Å². The van der Waals surface area contributed by atoms with Crippen LogP contribution >= 0.6 is 0 Å². The second kappa shape index (κ2) is 7.64. The molecule has 0 amide bonds. The van der Waals surface area contributed by atoms with E-state index in [1.165, 1.54) is 5.52 Å². The van der Waals surface area contributed by atoms with Crippen LogP contribution in [0.5, 0.6) is 0 Å². The van der Waals surface area contributed by atoms with Gasteiger partial charge >= 0.3 is 0 Å². The summed E-state index contributed by atoms with van der Waals surface area (Å²) < 4.78 is 7.81. The summed E-state index contributed by atoms with van der Waals surface area (Å²) in [6, 6.07) is 12.5. The van der Waals surface area contributed by atoms with Gasteiger partial charge in [0, 0.05) is 13.6 Å². The van der Waals surface area contributed by atoms with E-state index in [1.807, 2.05) is 12.1 Å². The first-order valence-corrected chi connectivity index (χ1v) is 8.63. The normalized spacial score (nSPS) is 13.0. The Hall–Kier alpha value is -2.11. The molecule has 0 bridgehead atoms. The van der Waals surface area contributed by atoms with Gasteiger partial charge in [0.2, 0.25) is 0 Å². The van der Waals surface area contributed by atoms with Gasteiger partial charge in [-0.25, -0.2) is 4.98 Å². The molecule has 0 spiro atoms. The number of nitrogens with one attached hydrogen (secondary N) is 1. The largest absolute Gasteiger partial charge is 0.468 e. The molecule has 1 atom stereocenters. The third kappa shape index (κ3) is 3.37. The number of likely N-dealkylation sites (N-methyl/N-ethyl adjacent to an activating group) is 1. The first kappa shape index (κ1) is 16.7. The van der Waals surface area contributed by atoms with E-state index in [2.05, 4.69) is 59.9 Å². The third-order valence-electron chi connectivity index (χ3n) is 4.63. The Morgan fingerprint density at radius 1 is 1.17 bits per heavy atom. The number of rotatable bonds is 8. The topological polar surface area (TPSA) is 46.2 Å². The summed E-state index contributed by atoms with van der Waals surface area (Å²) in [6.07, 6.45) is 1.75. The van der Waals surface area contributed by atoms with Crippen LogP contribution in [0.15, 0.2) is 47.1 Å². The lowest BCUT2D eigenvalue weighted by Gasteiger charge is -2.28. The van der Waals surface area contributed by atoms with E-state index in [9.17, 15) is 0 Å². The van der Waals surface area contributed by atoms with Gasteiger partial charge in [0.1, 0.15) is 11.6 Å². The Morgan fingerprint density at radius 3 is 2.62 bits per heavy atom. The molecular weight excluding hydrogens is 300 g/mol. The molecule has 0 aliphatic heterocycles. The standard InChI is InChI=1S/C19H26N4O/c1-4-23(5-2)17(18-11-8-12-24-18)13-20-14-19-21-15-9-6-7-10-16(15)22(19)3/h6-12,17,20H,4-5,13-14H2,1-3H3. The van der Waals surface area contributed by atoms with Crippen molar-refractivity contribution in [2.24, 2.45) is 7.05 Å². The third-order valence-corrected chi connectivity index (χ3v) is 4.63. The van der Waals surface area contributed by atoms with Crippen LogP contribution in [0.25, 0.3) is 11.0 Å². The highest BCUT2D eigenvalue weighted by Gasteiger charge is 2.20. The molecule has 0 radical (unpaired) electrons. The number of aryl methyl sites for hydroxylation is 1. The van der Waals surface area contributed by atoms with Crippen molar-refractivity contribution < 1.29 is 4.42 Å². The lowest BCUT2D eigenvalue weighted by atomic mass is 10.2. The Bertz CT molecular complexity index is 759. The Morgan fingerprint density at radius 2 is 1.96 bits per heavy atom. The average molecular weight is 326 g/mol. The summed E-state index contributed by atoms with van der Waals surface area (Å²) in [5.74, 6) is 2.06. The molecule has 0 aliphatic carbocycles. The van der Waals surface area contributed by atoms with Gasteiger partial charge in [0.15, 0.2) is 0 Å². The van der Waals surface area contributed by atoms with Crippen molar-refractivity contribution in [1.82, 2.24) is 19.8 Å². The van der Waals surface area contributed by atoms with Gasteiger partial charge in [0.05, 0.1) is 29.9 Å². The Kier molecular flexibility index (Phi) is 5.33. The molecule has 1 N–H and O–H groups in total. The fourth-order valence-corrected chi connectivity index (χ4v) is 3.23. The number of imidazole rings is 1. The lowest BCUT2D eigenvalue weighted by Crippen LogP contribution is -2.35. The first-order chi connectivity index (χ1) is 11.7.